The summed E-state index contributed by atoms with van der Waals surface area (Å²) in [6.45, 7) is 6.66. The van der Waals surface area contributed by atoms with Crippen molar-refractivity contribution in [3.63, 3.8) is 0 Å². The van der Waals surface area contributed by atoms with Crippen LogP contribution in [0.5, 0.6) is 0 Å². The highest BCUT2D eigenvalue weighted by atomic mass is 16.4. The fraction of sp³-hybridized carbons (Fsp3) is 0.792. The molecule has 7 nitrogen and oxygen atoms in total. The number of carboxylic acid groups (broad SMARTS) is 3. The SMILES string of the molecule is CCCCC/C=C/CCCCCCCC[N+](C(C)C(=O)O)(C(C)C(=O)O)C(C)C(=O)O. The van der Waals surface area contributed by atoms with E-state index >= 15 is 0 Å². The van der Waals surface area contributed by atoms with Crippen LogP contribution in [0.3, 0.4) is 0 Å². The van der Waals surface area contributed by atoms with Crippen LogP contribution in [0, 0.1) is 0 Å². The van der Waals surface area contributed by atoms with Crippen LogP contribution >= 0.6 is 0 Å². The minimum Gasteiger partial charge on any atom is -0.477 e. The van der Waals surface area contributed by atoms with E-state index in [1.54, 1.807) is 0 Å². The second-order valence-corrected chi connectivity index (χ2v) is 8.64. The van der Waals surface area contributed by atoms with Gasteiger partial charge in [-0.3, -0.25) is 4.48 Å². The van der Waals surface area contributed by atoms with Crippen molar-refractivity contribution in [3.8, 4) is 0 Å². The molecule has 0 bridgehead atoms. The molecule has 3 atom stereocenters. The van der Waals surface area contributed by atoms with E-state index in [4.69, 9.17) is 0 Å². The first kappa shape index (κ1) is 29.1. The lowest BCUT2D eigenvalue weighted by Gasteiger charge is -2.47. The van der Waals surface area contributed by atoms with Crippen molar-refractivity contribution in [2.45, 2.75) is 116 Å². The van der Waals surface area contributed by atoms with E-state index in [2.05, 4.69) is 19.1 Å². The number of allylic oxidation sites excluding steroid dienone is 2. The molecule has 3 N–H and O–H groups in total. The molecular weight excluding hydrogens is 398 g/mol. The molecule has 0 radical (unpaired) electrons. The molecule has 0 saturated heterocycles. The molecule has 0 aliphatic carbocycles. The molecule has 0 aliphatic rings. The van der Waals surface area contributed by atoms with Crippen LogP contribution in [-0.2, 0) is 14.4 Å². The predicted molar refractivity (Wildman–Crippen MR) is 122 cm³/mol. The lowest BCUT2D eigenvalue weighted by molar-refractivity contribution is -0.968. The molecule has 0 aromatic carbocycles. The Bertz CT molecular complexity index is 524. The number of quaternary nitrogens is 1. The van der Waals surface area contributed by atoms with Crippen LogP contribution < -0.4 is 0 Å². The maximum atomic E-state index is 11.7. The zero-order valence-corrected chi connectivity index (χ0v) is 19.9. The van der Waals surface area contributed by atoms with Gasteiger partial charge in [-0.2, -0.15) is 0 Å². The highest BCUT2D eigenvalue weighted by molar-refractivity contribution is 5.77. The molecule has 31 heavy (non-hydrogen) atoms. The van der Waals surface area contributed by atoms with Gasteiger partial charge in [0.1, 0.15) is 0 Å². The predicted octanol–water partition coefficient (Wildman–Crippen LogP) is 5.09. The van der Waals surface area contributed by atoms with E-state index in [0.717, 1.165) is 44.9 Å². The molecule has 0 heterocycles. The maximum absolute atomic E-state index is 11.7. The van der Waals surface area contributed by atoms with E-state index in [9.17, 15) is 29.7 Å². The number of carbonyl (C=O) groups is 3. The maximum Gasteiger partial charge on any atom is 0.362 e. The molecule has 180 valence electrons. The standard InChI is InChI=1S/C24H43NO6/c1-5-6-7-8-9-10-11-12-13-14-15-16-17-18-25(19(2)22(26)27,20(3)23(28)29)21(4)24(30)31/h9-10,19-21H,5-8,11-18H2,1-4H3,(H2-,26,27,28,29,30,31)/p+1/b10-9+. The fourth-order valence-electron chi connectivity index (χ4n) is 4.31. The minimum absolute atomic E-state index is 0.217. The van der Waals surface area contributed by atoms with E-state index < -0.39 is 40.5 Å². The zero-order valence-electron chi connectivity index (χ0n) is 19.9. The average molecular weight is 443 g/mol. The summed E-state index contributed by atoms with van der Waals surface area (Å²) in [7, 11) is 0. The minimum atomic E-state index is -1.18. The lowest BCUT2D eigenvalue weighted by atomic mass is 10.00. The Morgan fingerprint density at radius 2 is 1.00 bits per heavy atom. The van der Waals surface area contributed by atoms with Crippen molar-refractivity contribution in [2.75, 3.05) is 6.54 Å². The first-order chi connectivity index (χ1) is 14.6. The van der Waals surface area contributed by atoms with Crippen LogP contribution in [0.25, 0.3) is 0 Å². The molecule has 0 aromatic rings. The molecule has 0 amide bonds. The van der Waals surface area contributed by atoms with Gasteiger partial charge in [0.2, 0.25) is 0 Å². The van der Waals surface area contributed by atoms with Gasteiger partial charge >= 0.3 is 17.9 Å². The highest BCUT2D eigenvalue weighted by Crippen LogP contribution is 2.27. The number of nitrogens with zero attached hydrogens (tertiary/aromatic N) is 1. The number of rotatable bonds is 19. The third-order valence-corrected chi connectivity index (χ3v) is 6.54. The van der Waals surface area contributed by atoms with E-state index in [-0.39, 0.29) is 6.54 Å². The molecule has 0 saturated carbocycles. The van der Waals surface area contributed by atoms with Crippen molar-refractivity contribution < 1.29 is 34.2 Å². The highest BCUT2D eigenvalue weighted by Gasteiger charge is 2.52. The second-order valence-electron chi connectivity index (χ2n) is 8.64. The summed E-state index contributed by atoms with van der Waals surface area (Å²) >= 11 is 0. The molecule has 0 spiro atoms. The Hall–Kier alpha value is -1.89. The fourth-order valence-corrected chi connectivity index (χ4v) is 4.31. The average Bonchev–Trinajstić information content (AvgIpc) is 2.72. The van der Waals surface area contributed by atoms with Crippen molar-refractivity contribution >= 4 is 17.9 Å². The first-order valence-corrected chi connectivity index (χ1v) is 11.8. The van der Waals surface area contributed by atoms with Gasteiger partial charge in [-0.05, 0) is 59.3 Å². The number of aliphatic carboxylic acids is 3. The summed E-state index contributed by atoms with van der Waals surface area (Å²) in [5, 5.41) is 28.7. The van der Waals surface area contributed by atoms with Crippen molar-refractivity contribution in [1.29, 1.82) is 0 Å². The Balaban J connectivity index is 4.64. The van der Waals surface area contributed by atoms with Gasteiger partial charge in [0.25, 0.3) is 0 Å². The summed E-state index contributed by atoms with van der Waals surface area (Å²) in [5.74, 6) is -3.53. The van der Waals surface area contributed by atoms with Crippen molar-refractivity contribution in [1.82, 2.24) is 0 Å². The number of carboxylic acids is 3. The van der Waals surface area contributed by atoms with Gasteiger partial charge in [-0.25, -0.2) is 14.4 Å². The smallest absolute Gasteiger partial charge is 0.362 e. The second kappa shape index (κ2) is 15.8. The molecule has 0 aromatic heterocycles. The van der Waals surface area contributed by atoms with Crippen LogP contribution in [0.2, 0.25) is 0 Å². The largest absolute Gasteiger partial charge is 0.477 e. The third kappa shape index (κ3) is 9.85. The van der Waals surface area contributed by atoms with Crippen LogP contribution in [-0.4, -0.2) is 62.4 Å². The summed E-state index contributed by atoms with van der Waals surface area (Å²) in [4.78, 5) is 35.2. The molecule has 0 aliphatic heterocycles. The van der Waals surface area contributed by atoms with E-state index in [0.29, 0.717) is 6.42 Å². The molecule has 0 rings (SSSR count). The number of unbranched alkanes of at least 4 members (excludes halogenated alkanes) is 9. The third-order valence-electron chi connectivity index (χ3n) is 6.54. The number of hydrogen-bond donors (Lipinski definition) is 3. The van der Waals surface area contributed by atoms with Crippen LogP contribution in [0.15, 0.2) is 12.2 Å². The summed E-state index contributed by atoms with van der Waals surface area (Å²) in [5.41, 5.74) is 0. The number of hydrogen-bond acceptors (Lipinski definition) is 3. The summed E-state index contributed by atoms with van der Waals surface area (Å²) in [6.07, 6.45) is 16.3. The molecular formula is C24H44NO6+. The summed E-state index contributed by atoms with van der Waals surface area (Å²) in [6, 6.07) is -3.37. The van der Waals surface area contributed by atoms with E-state index in [1.165, 1.54) is 40.0 Å². The van der Waals surface area contributed by atoms with Gasteiger partial charge in [0.15, 0.2) is 18.1 Å². The van der Waals surface area contributed by atoms with Gasteiger partial charge in [-0.15, -0.1) is 0 Å². The van der Waals surface area contributed by atoms with Crippen LogP contribution in [0.1, 0.15) is 98.3 Å². The Labute approximate surface area is 187 Å². The molecule has 3 unspecified atom stereocenters. The first-order valence-electron chi connectivity index (χ1n) is 11.8. The molecule has 7 heteroatoms. The normalized spacial score (nSPS) is 16.5. The summed E-state index contributed by atoms with van der Waals surface area (Å²) < 4.78 is -0.483. The Morgan fingerprint density at radius 3 is 1.39 bits per heavy atom. The Kier molecular flexibility index (Phi) is 14.9. The quantitative estimate of drug-likeness (QED) is 0.146. The molecule has 0 fully saturated rings. The topological polar surface area (TPSA) is 112 Å². The van der Waals surface area contributed by atoms with Crippen LogP contribution in [0.4, 0.5) is 0 Å². The van der Waals surface area contributed by atoms with Crippen molar-refractivity contribution in [3.05, 3.63) is 12.2 Å². The van der Waals surface area contributed by atoms with Gasteiger partial charge in [0.05, 0.1) is 6.54 Å². The lowest BCUT2D eigenvalue weighted by Crippen LogP contribution is -2.70. The van der Waals surface area contributed by atoms with E-state index in [1.807, 2.05) is 0 Å². The Morgan fingerprint density at radius 1 is 0.645 bits per heavy atom. The van der Waals surface area contributed by atoms with Crippen molar-refractivity contribution in [2.24, 2.45) is 0 Å². The van der Waals surface area contributed by atoms with Gasteiger partial charge in [-0.1, -0.05) is 51.2 Å². The van der Waals surface area contributed by atoms with Gasteiger partial charge < -0.3 is 15.3 Å². The van der Waals surface area contributed by atoms with Gasteiger partial charge in [0, 0.05) is 0 Å². The monoisotopic (exact) mass is 442 g/mol. The zero-order chi connectivity index (χ0) is 23.9.